The van der Waals surface area contributed by atoms with Gasteiger partial charge >= 0.3 is 0 Å². The van der Waals surface area contributed by atoms with E-state index in [9.17, 15) is 5.11 Å². The van der Waals surface area contributed by atoms with Crippen LogP contribution in [-0.4, -0.2) is 34.2 Å². The highest BCUT2D eigenvalue weighted by Gasteiger charge is 2.43. The van der Waals surface area contributed by atoms with Gasteiger partial charge in [-0.25, -0.2) is 0 Å². The summed E-state index contributed by atoms with van der Waals surface area (Å²) >= 11 is 0. The van der Waals surface area contributed by atoms with Crippen molar-refractivity contribution < 1.29 is 5.11 Å². The summed E-state index contributed by atoms with van der Waals surface area (Å²) in [5.41, 5.74) is 0.660. The summed E-state index contributed by atoms with van der Waals surface area (Å²) in [5, 5.41) is 10.4. The molecule has 0 aromatic rings. The molecule has 0 aromatic carbocycles. The molecule has 1 aliphatic heterocycles. The van der Waals surface area contributed by atoms with Crippen molar-refractivity contribution in [2.75, 3.05) is 6.54 Å². The molecule has 0 bridgehead atoms. The van der Waals surface area contributed by atoms with Crippen LogP contribution in [0.2, 0.25) is 0 Å². The molecule has 2 aliphatic rings. The molecule has 0 radical (unpaired) electrons. The minimum Gasteiger partial charge on any atom is -0.391 e. The quantitative estimate of drug-likeness (QED) is 0.774. The van der Waals surface area contributed by atoms with Gasteiger partial charge in [0.2, 0.25) is 0 Å². The monoisotopic (exact) mass is 253 g/mol. The normalized spacial score (nSPS) is 38.0. The predicted molar refractivity (Wildman–Crippen MR) is 76.6 cm³/mol. The SMILES string of the molecule is CC(C)(C)C1CCC(O)C(N2CCCC2(C)C)C1. The lowest BCUT2D eigenvalue weighted by Crippen LogP contribution is -2.54. The molecule has 0 spiro atoms. The molecule has 1 saturated carbocycles. The van der Waals surface area contributed by atoms with E-state index in [1.807, 2.05) is 0 Å². The zero-order valence-corrected chi connectivity index (χ0v) is 12.9. The Morgan fingerprint density at radius 2 is 1.83 bits per heavy atom. The van der Waals surface area contributed by atoms with Gasteiger partial charge in [-0.05, 0) is 63.8 Å². The lowest BCUT2D eigenvalue weighted by Gasteiger charge is -2.47. The van der Waals surface area contributed by atoms with Crippen LogP contribution >= 0.6 is 0 Å². The molecule has 1 aliphatic carbocycles. The second kappa shape index (κ2) is 4.79. The molecule has 2 rings (SSSR count). The van der Waals surface area contributed by atoms with Crippen molar-refractivity contribution in [2.45, 2.75) is 84.4 Å². The first-order valence-corrected chi connectivity index (χ1v) is 7.66. The van der Waals surface area contributed by atoms with Gasteiger partial charge in [-0.2, -0.15) is 0 Å². The smallest absolute Gasteiger partial charge is 0.0695 e. The van der Waals surface area contributed by atoms with E-state index in [4.69, 9.17) is 0 Å². The maximum Gasteiger partial charge on any atom is 0.0695 e. The van der Waals surface area contributed by atoms with Crippen molar-refractivity contribution in [2.24, 2.45) is 11.3 Å². The van der Waals surface area contributed by atoms with Crippen LogP contribution in [-0.2, 0) is 0 Å². The third kappa shape index (κ3) is 2.75. The Balaban J connectivity index is 2.11. The summed E-state index contributed by atoms with van der Waals surface area (Å²) in [6.07, 6.45) is 5.80. The first-order chi connectivity index (χ1) is 8.22. The average Bonchev–Trinajstić information content (AvgIpc) is 2.57. The van der Waals surface area contributed by atoms with Crippen LogP contribution in [0.15, 0.2) is 0 Å². The van der Waals surface area contributed by atoms with Gasteiger partial charge in [-0.15, -0.1) is 0 Å². The van der Waals surface area contributed by atoms with E-state index in [1.54, 1.807) is 0 Å². The van der Waals surface area contributed by atoms with Crippen molar-refractivity contribution in [3.63, 3.8) is 0 Å². The summed E-state index contributed by atoms with van der Waals surface area (Å²) < 4.78 is 0. The van der Waals surface area contributed by atoms with Crippen molar-refractivity contribution in [1.82, 2.24) is 4.90 Å². The Bertz CT molecular complexity index is 292. The Morgan fingerprint density at radius 3 is 2.33 bits per heavy atom. The molecule has 18 heavy (non-hydrogen) atoms. The van der Waals surface area contributed by atoms with Gasteiger partial charge in [0.25, 0.3) is 0 Å². The molecular weight excluding hydrogens is 222 g/mol. The summed E-state index contributed by atoms with van der Waals surface area (Å²) in [7, 11) is 0. The van der Waals surface area contributed by atoms with Gasteiger partial charge in [-0.1, -0.05) is 20.8 Å². The van der Waals surface area contributed by atoms with Crippen LogP contribution in [0, 0.1) is 11.3 Å². The number of aliphatic hydroxyl groups excluding tert-OH is 1. The third-order valence-corrected chi connectivity index (χ3v) is 5.37. The molecule has 2 nitrogen and oxygen atoms in total. The standard InChI is InChI=1S/C16H31NO/c1-15(2,3)12-7-8-14(18)13(11-12)17-10-6-9-16(17,4)5/h12-14,18H,6-11H2,1-5H3. The zero-order valence-electron chi connectivity index (χ0n) is 12.9. The number of nitrogens with zero attached hydrogens (tertiary/aromatic N) is 1. The number of likely N-dealkylation sites (tertiary alicyclic amines) is 1. The van der Waals surface area contributed by atoms with E-state index in [-0.39, 0.29) is 11.6 Å². The maximum atomic E-state index is 10.4. The first kappa shape index (κ1) is 14.3. The highest BCUT2D eigenvalue weighted by atomic mass is 16.3. The summed E-state index contributed by atoms with van der Waals surface area (Å²) in [4.78, 5) is 2.59. The van der Waals surface area contributed by atoms with E-state index < -0.39 is 0 Å². The van der Waals surface area contributed by atoms with E-state index in [0.717, 1.165) is 12.3 Å². The number of rotatable bonds is 1. The van der Waals surface area contributed by atoms with Crippen LogP contribution in [0.1, 0.15) is 66.7 Å². The molecule has 1 saturated heterocycles. The van der Waals surface area contributed by atoms with Gasteiger partial charge in [0.05, 0.1) is 6.10 Å². The Morgan fingerprint density at radius 1 is 1.17 bits per heavy atom. The molecule has 1 heterocycles. The van der Waals surface area contributed by atoms with Crippen LogP contribution in [0.25, 0.3) is 0 Å². The zero-order chi connectivity index (χ0) is 13.6. The summed E-state index contributed by atoms with van der Waals surface area (Å²) in [6.45, 7) is 12.9. The summed E-state index contributed by atoms with van der Waals surface area (Å²) in [5.74, 6) is 0.752. The Hall–Kier alpha value is -0.0800. The Kier molecular flexibility index (Phi) is 3.81. The number of aliphatic hydroxyl groups is 1. The molecular formula is C16H31NO. The molecule has 0 aromatic heterocycles. The van der Waals surface area contributed by atoms with Crippen LogP contribution < -0.4 is 0 Å². The lowest BCUT2D eigenvalue weighted by atomic mass is 9.69. The fraction of sp³-hybridized carbons (Fsp3) is 1.00. The van der Waals surface area contributed by atoms with E-state index in [0.29, 0.717) is 11.5 Å². The van der Waals surface area contributed by atoms with Gasteiger partial charge in [-0.3, -0.25) is 4.90 Å². The van der Waals surface area contributed by atoms with E-state index >= 15 is 0 Å². The molecule has 2 fully saturated rings. The van der Waals surface area contributed by atoms with Crippen LogP contribution in [0.3, 0.4) is 0 Å². The largest absolute Gasteiger partial charge is 0.391 e. The van der Waals surface area contributed by atoms with E-state index in [2.05, 4.69) is 39.5 Å². The second-order valence-corrected chi connectivity index (χ2v) is 8.12. The maximum absolute atomic E-state index is 10.4. The minimum absolute atomic E-state index is 0.110. The number of hydrogen-bond acceptors (Lipinski definition) is 2. The third-order valence-electron chi connectivity index (χ3n) is 5.37. The van der Waals surface area contributed by atoms with Gasteiger partial charge < -0.3 is 5.11 Å². The summed E-state index contributed by atoms with van der Waals surface area (Å²) in [6, 6.07) is 0.389. The molecule has 1 N–H and O–H groups in total. The fourth-order valence-corrected chi connectivity index (χ4v) is 4.00. The van der Waals surface area contributed by atoms with Crippen molar-refractivity contribution in [3.8, 4) is 0 Å². The minimum atomic E-state index is -0.110. The van der Waals surface area contributed by atoms with E-state index in [1.165, 1.54) is 32.2 Å². The van der Waals surface area contributed by atoms with Crippen LogP contribution in [0.4, 0.5) is 0 Å². The molecule has 2 heteroatoms. The lowest BCUT2D eigenvalue weighted by molar-refractivity contribution is -0.0386. The first-order valence-electron chi connectivity index (χ1n) is 7.66. The topological polar surface area (TPSA) is 23.5 Å². The van der Waals surface area contributed by atoms with Gasteiger partial charge in [0, 0.05) is 11.6 Å². The van der Waals surface area contributed by atoms with Crippen LogP contribution in [0.5, 0.6) is 0 Å². The molecule has 0 amide bonds. The average molecular weight is 253 g/mol. The highest BCUT2D eigenvalue weighted by Crippen LogP contribution is 2.42. The van der Waals surface area contributed by atoms with Gasteiger partial charge in [0.15, 0.2) is 0 Å². The highest BCUT2D eigenvalue weighted by molar-refractivity contribution is 4.98. The second-order valence-electron chi connectivity index (χ2n) is 8.12. The predicted octanol–water partition coefficient (Wildman–Crippen LogP) is 3.44. The van der Waals surface area contributed by atoms with Crippen molar-refractivity contribution in [1.29, 1.82) is 0 Å². The number of hydrogen-bond donors (Lipinski definition) is 1. The molecule has 106 valence electrons. The fourth-order valence-electron chi connectivity index (χ4n) is 4.00. The molecule has 3 atom stereocenters. The van der Waals surface area contributed by atoms with Crippen molar-refractivity contribution >= 4 is 0 Å². The van der Waals surface area contributed by atoms with Gasteiger partial charge in [0.1, 0.15) is 0 Å². The van der Waals surface area contributed by atoms with Crippen molar-refractivity contribution in [3.05, 3.63) is 0 Å². The Labute approximate surface area is 113 Å². The molecule has 3 unspecified atom stereocenters.